The molecule has 0 unspecified atom stereocenters. The van der Waals surface area contributed by atoms with Crippen LogP contribution in [-0.2, 0) is 4.79 Å². The quantitative estimate of drug-likeness (QED) is 0.938. The summed E-state index contributed by atoms with van der Waals surface area (Å²) in [6, 6.07) is 12.6. The number of carbonyl (C=O) groups excluding carboxylic acids is 1. The molecule has 0 aromatic heterocycles. The summed E-state index contributed by atoms with van der Waals surface area (Å²) in [5.41, 5.74) is 1.63. The Bertz CT molecular complexity index is 708. The Morgan fingerprint density at radius 3 is 2.86 bits per heavy atom. The van der Waals surface area contributed by atoms with E-state index in [0.29, 0.717) is 22.6 Å². The summed E-state index contributed by atoms with van der Waals surface area (Å²) in [4.78, 5) is 11.8. The van der Waals surface area contributed by atoms with Crippen LogP contribution in [-0.4, -0.2) is 12.5 Å². The first kappa shape index (κ1) is 14.5. The molecule has 2 rings (SSSR count). The summed E-state index contributed by atoms with van der Waals surface area (Å²) in [6.07, 6.45) is 0. The number of carbonyl (C=O) groups is 1. The third-order valence-corrected chi connectivity index (χ3v) is 2.80. The van der Waals surface area contributed by atoms with E-state index in [2.05, 4.69) is 5.32 Å². The van der Waals surface area contributed by atoms with E-state index in [0.717, 1.165) is 0 Å². The van der Waals surface area contributed by atoms with Gasteiger partial charge in [0.15, 0.2) is 6.61 Å². The summed E-state index contributed by atoms with van der Waals surface area (Å²) in [7, 11) is 0. The van der Waals surface area contributed by atoms with Crippen molar-refractivity contribution in [2.45, 2.75) is 6.92 Å². The lowest BCUT2D eigenvalue weighted by Crippen LogP contribution is -2.20. The molecule has 0 bridgehead atoms. The van der Waals surface area contributed by atoms with Crippen molar-refractivity contribution in [2.75, 3.05) is 11.9 Å². The molecule has 0 aliphatic rings. The molecule has 4 nitrogen and oxygen atoms in total. The third kappa shape index (κ3) is 4.05. The van der Waals surface area contributed by atoms with E-state index < -0.39 is 0 Å². The first-order valence-corrected chi connectivity index (χ1v) is 6.27. The highest BCUT2D eigenvalue weighted by Gasteiger charge is 2.07. The van der Waals surface area contributed by atoms with Crippen molar-refractivity contribution < 1.29 is 13.9 Å². The molecule has 1 N–H and O–H groups in total. The molecular weight excluding hydrogens is 271 g/mol. The molecule has 0 atom stereocenters. The van der Waals surface area contributed by atoms with Crippen LogP contribution < -0.4 is 10.1 Å². The molecule has 0 heterocycles. The van der Waals surface area contributed by atoms with Crippen LogP contribution in [0.4, 0.5) is 10.1 Å². The fourth-order valence-corrected chi connectivity index (χ4v) is 1.76. The second kappa shape index (κ2) is 6.53. The average Bonchev–Trinajstić information content (AvgIpc) is 2.48. The molecule has 0 aliphatic heterocycles. The largest absolute Gasteiger partial charge is 0.484 e. The van der Waals surface area contributed by atoms with Crippen LogP contribution in [0.2, 0.25) is 0 Å². The average molecular weight is 284 g/mol. The first-order chi connectivity index (χ1) is 10.1. The lowest BCUT2D eigenvalue weighted by molar-refractivity contribution is -0.118. The van der Waals surface area contributed by atoms with Crippen molar-refractivity contribution in [3.8, 4) is 11.8 Å². The zero-order valence-corrected chi connectivity index (χ0v) is 11.4. The zero-order valence-electron chi connectivity index (χ0n) is 11.4. The smallest absolute Gasteiger partial charge is 0.262 e. The Balaban J connectivity index is 1.94. The van der Waals surface area contributed by atoms with Gasteiger partial charge in [-0.3, -0.25) is 4.79 Å². The Hall–Kier alpha value is -2.87. The number of rotatable bonds is 4. The molecule has 0 fully saturated rings. The molecule has 0 aliphatic carbocycles. The van der Waals surface area contributed by atoms with E-state index in [4.69, 9.17) is 10.00 Å². The number of halogens is 1. The van der Waals surface area contributed by atoms with Crippen LogP contribution in [0.15, 0.2) is 42.5 Å². The highest BCUT2D eigenvalue weighted by atomic mass is 19.1. The molecule has 0 spiro atoms. The second-order valence-corrected chi connectivity index (χ2v) is 4.44. The van der Waals surface area contributed by atoms with E-state index in [9.17, 15) is 9.18 Å². The molecule has 2 aromatic rings. The number of aryl methyl sites for hydroxylation is 1. The van der Waals surface area contributed by atoms with E-state index in [-0.39, 0.29) is 18.3 Å². The topological polar surface area (TPSA) is 62.1 Å². The molecule has 5 heteroatoms. The van der Waals surface area contributed by atoms with Crippen molar-refractivity contribution in [1.29, 1.82) is 5.26 Å². The van der Waals surface area contributed by atoms with Gasteiger partial charge >= 0.3 is 0 Å². The maximum Gasteiger partial charge on any atom is 0.262 e. The van der Waals surface area contributed by atoms with Crippen molar-refractivity contribution in [2.24, 2.45) is 0 Å². The highest BCUT2D eigenvalue weighted by molar-refractivity contribution is 5.92. The molecule has 0 radical (unpaired) electrons. The van der Waals surface area contributed by atoms with Gasteiger partial charge in [0.25, 0.3) is 5.91 Å². The predicted octanol–water partition coefficient (Wildman–Crippen LogP) is 3.02. The maximum absolute atomic E-state index is 13.0. The standard InChI is InChI=1S/C16H13FN2O2/c1-11-7-13(17)5-6-15(11)19-16(20)10-21-14-4-2-3-12(8-14)9-18/h2-8H,10H2,1H3,(H,19,20). The number of ether oxygens (including phenoxy) is 1. The van der Waals surface area contributed by atoms with Crippen LogP contribution in [0.3, 0.4) is 0 Å². The lowest BCUT2D eigenvalue weighted by Gasteiger charge is -2.09. The Morgan fingerprint density at radius 2 is 2.14 bits per heavy atom. The third-order valence-electron chi connectivity index (χ3n) is 2.80. The van der Waals surface area contributed by atoms with Crippen molar-refractivity contribution in [1.82, 2.24) is 0 Å². The second-order valence-electron chi connectivity index (χ2n) is 4.44. The highest BCUT2D eigenvalue weighted by Crippen LogP contribution is 2.16. The van der Waals surface area contributed by atoms with Gasteiger partial charge in [0.1, 0.15) is 11.6 Å². The monoisotopic (exact) mass is 284 g/mol. The number of hydrogen-bond donors (Lipinski definition) is 1. The van der Waals surface area contributed by atoms with Gasteiger partial charge in [-0.05, 0) is 48.9 Å². The maximum atomic E-state index is 13.0. The van der Waals surface area contributed by atoms with Crippen LogP contribution in [0, 0.1) is 24.1 Å². The van der Waals surface area contributed by atoms with Gasteiger partial charge in [-0.15, -0.1) is 0 Å². The van der Waals surface area contributed by atoms with Gasteiger partial charge in [-0.1, -0.05) is 6.07 Å². The summed E-state index contributed by atoms with van der Waals surface area (Å²) in [5.74, 6) is -0.262. The first-order valence-electron chi connectivity index (χ1n) is 6.27. The molecule has 0 saturated heterocycles. The number of anilines is 1. The Labute approximate surface area is 121 Å². The van der Waals surface area contributed by atoms with Crippen LogP contribution in [0.5, 0.6) is 5.75 Å². The molecular formula is C16H13FN2O2. The number of hydrogen-bond acceptors (Lipinski definition) is 3. The summed E-state index contributed by atoms with van der Waals surface area (Å²) in [6.45, 7) is 1.52. The van der Waals surface area contributed by atoms with Crippen LogP contribution in [0.1, 0.15) is 11.1 Å². The van der Waals surface area contributed by atoms with Gasteiger partial charge in [-0.25, -0.2) is 4.39 Å². The van der Waals surface area contributed by atoms with Gasteiger partial charge in [0.2, 0.25) is 0 Å². The number of nitrogens with one attached hydrogen (secondary N) is 1. The minimum Gasteiger partial charge on any atom is -0.484 e. The van der Waals surface area contributed by atoms with E-state index >= 15 is 0 Å². The van der Waals surface area contributed by atoms with Crippen molar-refractivity contribution >= 4 is 11.6 Å². The van der Waals surface area contributed by atoms with Gasteiger partial charge in [0.05, 0.1) is 11.6 Å². The van der Waals surface area contributed by atoms with E-state index in [1.54, 1.807) is 31.2 Å². The van der Waals surface area contributed by atoms with Crippen LogP contribution in [0.25, 0.3) is 0 Å². The Kier molecular flexibility index (Phi) is 4.52. The fourth-order valence-electron chi connectivity index (χ4n) is 1.76. The van der Waals surface area contributed by atoms with Gasteiger partial charge in [-0.2, -0.15) is 5.26 Å². The van der Waals surface area contributed by atoms with Gasteiger partial charge in [0, 0.05) is 5.69 Å². The lowest BCUT2D eigenvalue weighted by atomic mass is 10.2. The van der Waals surface area contributed by atoms with Gasteiger partial charge < -0.3 is 10.1 Å². The van der Waals surface area contributed by atoms with E-state index in [1.807, 2.05) is 6.07 Å². The fraction of sp³-hybridized carbons (Fsp3) is 0.125. The molecule has 106 valence electrons. The Morgan fingerprint density at radius 1 is 1.33 bits per heavy atom. The normalized spacial score (nSPS) is 9.76. The number of benzene rings is 2. The predicted molar refractivity (Wildman–Crippen MR) is 76.4 cm³/mol. The zero-order chi connectivity index (χ0) is 15.2. The minimum atomic E-state index is -0.355. The molecule has 2 aromatic carbocycles. The molecule has 21 heavy (non-hydrogen) atoms. The number of amides is 1. The summed E-state index contributed by atoms with van der Waals surface area (Å²) in [5, 5.41) is 11.4. The SMILES string of the molecule is Cc1cc(F)ccc1NC(=O)COc1cccc(C#N)c1. The number of nitriles is 1. The summed E-state index contributed by atoms with van der Waals surface area (Å²) < 4.78 is 18.3. The van der Waals surface area contributed by atoms with E-state index in [1.165, 1.54) is 18.2 Å². The number of nitrogens with zero attached hydrogens (tertiary/aromatic N) is 1. The molecule has 0 saturated carbocycles. The van der Waals surface area contributed by atoms with Crippen molar-refractivity contribution in [3.63, 3.8) is 0 Å². The summed E-state index contributed by atoms with van der Waals surface area (Å²) >= 11 is 0. The molecule has 1 amide bonds. The van der Waals surface area contributed by atoms with Crippen molar-refractivity contribution in [3.05, 3.63) is 59.4 Å². The minimum absolute atomic E-state index is 0.189. The van der Waals surface area contributed by atoms with Crippen LogP contribution >= 0.6 is 0 Å².